The number of halogens is 1. The average Bonchev–Trinajstić information content (AvgIpc) is 3.09. The number of ether oxygens (including phenoxy) is 1. The van der Waals surface area contributed by atoms with Gasteiger partial charge in [0.25, 0.3) is 17.5 Å². The quantitative estimate of drug-likeness (QED) is 0.246. The third-order valence-corrected chi connectivity index (χ3v) is 6.25. The molecule has 3 aromatic rings. The van der Waals surface area contributed by atoms with Crippen molar-refractivity contribution in [2.45, 2.75) is 20.8 Å². The van der Waals surface area contributed by atoms with Crippen LogP contribution in [-0.4, -0.2) is 29.3 Å². The molecule has 0 radical (unpaired) electrons. The number of aryl methyl sites for hydroxylation is 1. The molecule has 11 heteroatoms. The van der Waals surface area contributed by atoms with Gasteiger partial charge in [0.05, 0.1) is 22.0 Å². The first-order chi connectivity index (χ1) is 16.1. The SMILES string of the molecule is CCOC(=O)c1c(NC(=O)c2ccc(C)c([N+](=O)[O-])c2)sc(C(=O)Nc2cccc(Cl)c2)c1C. The largest absolute Gasteiger partial charge is 0.462 e. The molecule has 0 saturated carbocycles. The highest BCUT2D eigenvalue weighted by atomic mass is 35.5. The van der Waals surface area contributed by atoms with E-state index in [2.05, 4.69) is 10.6 Å². The summed E-state index contributed by atoms with van der Waals surface area (Å²) in [5, 5.41) is 17.1. The van der Waals surface area contributed by atoms with Crippen molar-refractivity contribution in [1.82, 2.24) is 0 Å². The van der Waals surface area contributed by atoms with E-state index < -0.39 is 22.7 Å². The van der Waals surface area contributed by atoms with E-state index in [1.165, 1.54) is 12.1 Å². The molecule has 0 unspecified atom stereocenters. The highest BCUT2D eigenvalue weighted by Gasteiger charge is 2.27. The first-order valence-corrected chi connectivity index (χ1v) is 11.3. The summed E-state index contributed by atoms with van der Waals surface area (Å²) in [6, 6.07) is 10.6. The molecule has 0 aliphatic carbocycles. The molecule has 34 heavy (non-hydrogen) atoms. The fourth-order valence-electron chi connectivity index (χ4n) is 3.14. The summed E-state index contributed by atoms with van der Waals surface area (Å²) >= 11 is 6.86. The van der Waals surface area contributed by atoms with Crippen LogP contribution in [0.3, 0.4) is 0 Å². The minimum atomic E-state index is -0.705. The van der Waals surface area contributed by atoms with Crippen LogP contribution in [0, 0.1) is 24.0 Å². The summed E-state index contributed by atoms with van der Waals surface area (Å²) in [5.74, 6) is -1.87. The van der Waals surface area contributed by atoms with Gasteiger partial charge in [-0.3, -0.25) is 19.7 Å². The molecule has 1 aromatic heterocycles. The van der Waals surface area contributed by atoms with Gasteiger partial charge in [-0.2, -0.15) is 0 Å². The van der Waals surface area contributed by atoms with Crippen molar-refractivity contribution in [3.63, 3.8) is 0 Å². The molecule has 0 saturated heterocycles. The number of thiophene rings is 1. The second-order valence-corrected chi connectivity index (χ2v) is 8.61. The fraction of sp³-hybridized carbons (Fsp3) is 0.174. The fourth-order valence-corrected chi connectivity index (χ4v) is 4.42. The minimum Gasteiger partial charge on any atom is -0.462 e. The van der Waals surface area contributed by atoms with Gasteiger partial charge in [0, 0.05) is 27.9 Å². The zero-order valence-corrected chi connectivity index (χ0v) is 20.0. The van der Waals surface area contributed by atoms with Crippen LogP contribution in [0.5, 0.6) is 0 Å². The lowest BCUT2D eigenvalue weighted by Crippen LogP contribution is -2.15. The second-order valence-electron chi connectivity index (χ2n) is 7.16. The molecule has 3 rings (SSSR count). The Hall–Kier alpha value is -3.76. The summed E-state index contributed by atoms with van der Waals surface area (Å²) < 4.78 is 5.11. The van der Waals surface area contributed by atoms with Crippen molar-refractivity contribution in [1.29, 1.82) is 0 Å². The monoisotopic (exact) mass is 501 g/mol. The number of nitrogens with zero attached hydrogens (tertiary/aromatic N) is 1. The van der Waals surface area contributed by atoms with Gasteiger partial charge in [0.2, 0.25) is 0 Å². The maximum absolute atomic E-state index is 12.9. The van der Waals surface area contributed by atoms with E-state index in [1.54, 1.807) is 45.0 Å². The first-order valence-electron chi connectivity index (χ1n) is 10.1. The third kappa shape index (κ3) is 5.41. The van der Waals surface area contributed by atoms with Gasteiger partial charge in [-0.05, 0) is 50.6 Å². The number of nitrogens with one attached hydrogen (secondary N) is 2. The van der Waals surface area contributed by atoms with E-state index in [4.69, 9.17) is 16.3 Å². The number of nitro benzene ring substituents is 1. The molecule has 0 atom stereocenters. The van der Waals surface area contributed by atoms with Crippen LogP contribution in [0.25, 0.3) is 0 Å². The van der Waals surface area contributed by atoms with E-state index in [9.17, 15) is 24.5 Å². The number of rotatable bonds is 7. The Kier molecular flexibility index (Phi) is 7.64. The van der Waals surface area contributed by atoms with Gasteiger partial charge in [-0.1, -0.05) is 23.7 Å². The number of benzene rings is 2. The van der Waals surface area contributed by atoms with Crippen molar-refractivity contribution < 1.29 is 24.0 Å². The first kappa shape index (κ1) is 24.9. The molecule has 2 amide bonds. The minimum absolute atomic E-state index is 0.0306. The molecule has 0 spiro atoms. The molecule has 2 N–H and O–H groups in total. The van der Waals surface area contributed by atoms with Crippen molar-refractivity contribution in [2.75, 3.05) is 17.2 Å². The lowest BCUT2D eigenvalue weighted by Gasteiger charge is -2.08. The van der Waals surface area contributed by atoms with Crippen molar-refractivity contribution in [3.8, 4) is 0 Å². The molecule has 0 bridgehead atoms. The summed E-state index contributed by atoms with van der Waals surface area (Å²) in [5.41, 5.74) is 1.05. The maximum atomic E-state index is 12.9. The Balaban J connectivity index is 1.97. The number of carbonyl (C=O) groups is 3. The molecule has 9 nitrogen and oxygen atoms in total. The topological polar surface area (TPSA) is 128 Å². The number of nitro groups is 1. The number of amides is 2. The normalized spacial score (nSPS) is 10.5. The number of hydrogen-bond donors (Lipinski definition) is 2. The number of esters is 1. The highest BCUT2D eigenvalue weighted by Crippen LogP contribution is 2.35. The molecule has 176 valence electrons. The predicted molar refractivity (Wildman–Crippen MR) is 130 cm³/mol. The van der Waals surface area contributed by atoms with Crippen LogP contribution in [0.4, 0.5) is 16.4 Å². The van der Waals surface area contributed by atoms with Crippen LogP contribution in [0.15, 0.2) is 42.5 Å². The van der Waals surface area contributed by atoms with Crippen LogP contribution >= 0.6 is 22.9 Å². The van der Waals surface area contributed by atoms with Gasteiger partial charge in [-0.25, -0.2) is 4.79 Å². The predicted octanol–water partition coefficient (Wildman–Crippen LogP) is 5.61. The molecule has 1 heterocycles. The Morgan fingerprint density at radius 1 is 1.09 bits per heavy atom. The summed E-state index contributed by atoms with van der Waals surface area (Å²) in [6.07, 6.45) is 0. The standard InChI is InChI=1S/C23H20ClN3O6S/c1-4-33-23(30)18-13(3)19(21(29)25-16-7-5-6-15(24)11-16)34-22(18)26-20(28)14-9-8-12(2)17(10-14)27(31)32/h5-11H,4H2,1-3H3,(H,25,29)(H,26,28). The Morgan fingerprint density at radius 3 is 2.47 bits per heavy atom. The lowest BCUT2D eigenvalue weighted by atomic mass is 10.1. The van der Waals surface area contributed by atoms with Crippen LogP contribution in [-0.2, 0) is 4.74 Å². The Bertz CT molecular complexity index is 1300. The summed E-state index contributed by atoms with van der Waals surface area (Å²) in [4.78, 5) is 49.2. The van der Waals surface area contributed by atoms with Crippen LogP contribution in [0.2, 0.25) is 5.02 Å². The summed E-state index contributed by atoms with van der Waals surface area (Å²) in [7, 11) is 0. The van der Waals surface area contributed by atoms with E-state index in [-0.39, 0.29) is 33.3 Å². The van der Waals surface area contributed by atoms with Gasteiger partial charge < -0.3 is 15.4 Å². The average molecular weight is 502 g/mol. The summed E-state index contributed by atoms with van der Waals surface area (Å²) in [6.45, 7) is 4.86. The smallest absolute Gasteiger partial charge is 0.341 e. The third-order valence-electron chi connectivity index (χ3n) is 4.81. The number of hydrogen-bond acceptors (Lipinski definition) is 7. The van der Waals surface area contributed by atoms with E-state index in [1.807, 2.05) is 0 Å². The van der Waals surface area contributed by atoms with Gasteiger partial charge in [0.15, 0.2) is 0 Å². The lowest BCUT2D eigenvalue weighted by molar-refractivity contribution is -0.385. The van der Waals surface area contributed by atoms with Crippen LogP contribution in [0.1, 0.15) is 48.4 Å². The maximum Gasteiger partial charge on any atom is 0.341 e. The highest BCUT2D eigenvalue weighted by molar-refractivity contribution is 7.19. The Labute approximate surface area is 203 Å². The molecular formula is C23H20ClN3O6S. The second kappa shape index (κ2) is 10.4. The van der Waals surface area contributed by atoms with Crippen molar-refractivity contribution in [2.24, 2.45) is 0 Å². The van der Waals surface area contributed by atoms with E-state index >= 15 is 0 Å². The van der Waals surface area contributed by atoms with E-state index in [0.717, 1.165) is 17.4 Å². The van der Waals surface area contributed by atoms with E-state index in [0.29, 0.717) is 21.8 Å². The number of anilines is 2. The molecular weight excluding hydrogens is 482 g/mol. The molecule has 0 aliphatic rings. The van der Waals surface area contributed by atoms with Crippen LogP contribution < -0.4 is 10.6 Å². The molecule has 0 fully saturated rings. The van der Waals surface area contributed by atoms with Gasteiger partial charge in [0.1, 0.15) is 5.00 Å². The number of carbonyl (C=O) groups excluding carboxylic acids is 3. The zero-order valence-electron chi connectivity index (χ0n) is 18.4. The zero-order chi connectivity index (χ0) is 25.0. The van der Waals surface area contributed by atoms with Crippen molar-refractivity contribution in [3.05, 3.63) is 84.7 Å². The van der Waals surface area contributed by atoms with Crippen molar-refractivity contribution >= 4 is 57.1 Å². The van der Waals surface area contributed by atoms with Gasteiger partial charge in [-0.15, -0.1) is 11.3 Å². The Morgan fingerprint density at radius 2 is 1.82 bits per heavy atom. The van der Waals surface area contributed by atoms with Gasteiger partial charge >= 0.3 is 5.97 Å². The molecule has 0 aliphatic heterocycles. The molecule has 2 aromatic carbocycles.